The van der Waals surface area contributed by atoms with E-state index in [1.54, 1.807) is 15.4 Å². The van der Waals surface area contributed by atoms with Crippen molar-refractivity contribution < 1.29 is 4.79 Å². The summed E-state index contributed by atoms with van der Waals surface area (Å²) < 4.78 is 3.54. The number of likely N-dealkylation sites (tertiary alicyclic amines) is 1. The average molecular weight is 509 g/mol. The molecule has 0 N–H and O–H groups in total. The number of amides is 1. The second-order valence-corrected chi connectivity index (χ2v) is 11.1. The summed E-state index contributed by atoms with van der Waals surface area (Å²) in [4.78, 5) is 21.9. The van der Waals surface area contributed by atoms with Crippen LogP contribution in [0.1, 0.15) is 38.7 Å². The number of hydrogen-bond donors (Lipinski definition) is 0. The van der Waals surface area contributed by atoms with Gasteiger partial charge in [-0.1, -0.05) is 13.8 Å². The van der Waals surface area contributed by atoms with Gasteiger partial charge in [0, 0.05) is 85.4 Å². The molecule has 1 atom stereocenters. The molecule has 2 aliphatic rings. The highest BCUT2D eigenvalue weighted by molar-refractivity contribution is 5.87. The molecule has 0 bridgehead atoms. The lowest BCUT2D eigenvalue weighted by Gasteiger charge is -2.41. The third-order valence-corrected chi connectivity index (χ3v) is 8.06. The normalized spacial score (nSPS) is 19.6. The summed E-state index contributed by atoms with van der Waals surface area (Å²) in [5, 5.41) is 18.5. The van der Waals surface area contributed by atoms with Crippen LogP contribution in [-0.2, 0) is 11.8 Å². The van der Waals surface area contributed by atoms with Crippen LogP contribution in [0.25, 0.3) is 27.8 Å². The second-order valence-electron chi connectivity index (χ2n) is 11.1. The molecular weight excluding hydrogens is 476 g/mol. The molecule has 6 rings (SSSR count). The largest absolute Gasteiger partial charge is 0.356 e. The average Bonchev–Trinajstić information content (AvgIpc) is 3.66. The molecule has 1 unspecified atom stereocenters. The predicted molar refractivity (Wildman–Crippen MR) is 145 cm³/mol. The third-order valence-electron chi connectivity index (χ3n) is 8.06. The Morgan fingerprint density at radius 3 is 2.61 bits per heavy atom. The van der Waals surface area contributed by atoms with E-state index >= 15 is 0 Å². The lowest BCUT2D eigenvalue weighted by atomic mass is 9.79. The molecular formula is C29H32N8O. The van der Waals surface area contributed by atoms with Crippen LogP contribution >= 0.6 is 0 Å². The SMILES string of the molecule is CC(C)C(=O)N1CCC2(CCCN(c3ccc(-c4cc(-c5cnn(C)c5)cn5ncc(C#N)c45)cn3)C2)C1. The number of nitriles is 1. The Hall–Kier alpha value is -4.19. The van der Waals surface area contributed by atoms with Gasteiger partial charge in [-0.3, -0.25) is 9.48 Å². The van der Waals surface area contributed by atoms with E-state index in [0.29, 0.717) is 5.56 Å². The minimum Gasteiger partial charge on any atom is -0.356 e. The summed E-state index contributed by atoms with van der Waals surface area (Å²) in [6.07, 6.45) is 12.5. The van der Waals surface area contributed by atoms with E-state index in [4.69, 9.17) is 4.98 Å². The Morgan fingerprint density at radius 2 is 1.89 bits per heavy atom. The minimum atomic E-state index is 0.0412. The zero-order valence-electron chi connectivity index (χ0n) is 22.1. The number of rotatable bonds is 4. The Bertz CT molecular complexity index is 1540. The molecule has 9 nitrogen and oxygen atoms in total. The van der Waals surface area contributed by atoms with Crippen LogP contribution in [0.2, 0.25) is 0 Å². The summed E-state index contributed by atoms with van der Waals surface area (Å²) in [7, 11) is 1.89. The van der Waals surface area contributed by atoms with Crippen molar-refractivity contribution in [2.24, 2.45) is 18.4 Å². The van der Waals surface area contributed by atoms with Crippen molar-refractivity contribution in [2.75, 3.05) is 31.1 Å². The first-order chi connectivity index (χ1) is 18.4. The number of hydrogen-bond acceptors (Lipinski definition) is 6. The number of nitrogens with zero attached hydrogens (tertiary/aromatic N) is 8. The molecule has 4 aromatic rings. The van der Waals surface area contributed by atoms with Crippen molar-refractivity contribution in [3.8, 4) is 28.3 Å². The van der Waals surface area contributed by atoms with E-state index in [1.807, 2.05) is 45.7 Å². The van der Waals surface area contributed by atoms with Crippen LogP contribution in [0.15, 0.2) is 49.2 Å². The second kappa shape index (κ2) is 9.28. The molecule has 9 heteroatoms. The lowest BCUT2D eigenvalue weighted by Crippen LogP contribution is -2.46. The highest BCUT2D eigenvalue weighted by atomic mass is 16.2. The molecule has 2 fully saturated rings. The molecule has 194 valence electrons. The molecule has 38 heavy (non-hydrogen) atoms. The Balaban J connectivity index is 1.30. The molecule has 0 aliphatic carbocycles. The van der Waals surface area contributed by atoms with Crippen LogP contribution < -0.4 is 4.90 Å². The quantitative estimate of drug-likeness (QED) is 0.411. The molecule has 4 aromatic heterocycles. The van der Waals surface area contributed by atoms with Gasteiger partial charge in [0.1, 0.15) is 11.9 Å². The number of carbonyl (C=O) groups is 1. The highest BCUT2D eigenvalue weighted by Crippen LogP contribution is 2.41. The zero-order valence-corrected chi connectivity index (χ0v) is 22.1. The van der Waals surface area contributed by atoms with Crippen molar-refractivity contribution in [2.45, 2.75) is 33.1 Å². The molecule has 1 spiro atoms. The van der Waals surface area contributed by atoms with Crippen molar-refractivity contribution in [1.82, 2.24) is 29.3 Å². The first-order valence-corrected chi connectivity index (χ1v) is 13.3. The van der Waals surface area contributed by atoms with E-state index in [0.717, 1.165) is 79.0 Å². The van der Waals surface area contributed by atoms with Crippen LogP contribution in [0.3, 0.4) is 0 Å². The summed E-state index contributed by atoms with van der Waals surface area (Å²) in [6, 6.07) is 8.53. The molecule has 0 saturated carbocycles. The monoisotopic (exact) mass is 508 g/mol. The van der Waals surface area contributed by atoms with E-state index in [9.17, 15) is 10.1 Å². The van der Waals surface area contributed by atoms with Gasteiger partial charge in [-0.2, -0.15) is 15.5 Å². The van der Waals surface area contributed by atoms with Crippen LogP contribution in [0.4, 0.5) is 5.82 Å². The third kappa shape index (κ3) is 4.20. The van der Waals surface area contributed by atoms with Gasteiger partial charge in [-0.15, -0.1) is 0 Å². The van der Waals surface area contributed by atoms with E-state index in [-0.39, 0.29) is 17.2 Å². The number of piperidine rings is 1. The summed E-state index contributed by atoms with van der Waals surface area (Å²) in [5.74, 6) is 1.26. The smallest absolute Gasteiger partial charge is 0.225 e. The van der Waals surface area contributed by atoms with Gasteiger partial charge >= 0.3 is 0 Å². The first kappa shape index (κ1) is 24.2. The van der Waals surface area contributed by atoms with Gasteiger partial charge < -0.3 is 9.80 Å². The highest BCUT2D eigenvalue weighted by Gasteiger charge is 2.43. The number of fused-ring (bicyclic) bond motifs is 1. The maximum absolute atomic E-state index is 12.6. The fourth-order valence-electron chi connectivity index (χ4n) is 6.11. The van der Waals surface area contributed by atoms with Crippen molar-refractivity contribution in [3.63, 3.8) is 0 Å². The number of pyridine rings is 2. The van der Waals surface area contributed by atoms with Crippen molar-refractivity contribution >= 4 is 17.2 Å². The Labute approximate surface area is 222 Å². The van der Waals surface area contributed by atoms with E-state index in [2.05, 4.69) is 44.3 Å². The standard InChI is InChI=1S/C29H32N8O/c1-20(2)28(38)36-10-8-29(19-36)7-4-9-35(18-29)26-6-5-21(13-31-26)25-11-22(24-15-32-34(3)16-24)17-37-27(25)23(12-30)14-33-37/h5-6,11,13-17,20H,4,7-10,18-19H2,1-3H3. The van der Waals surface area contributed by atoms with Gasteiger partial charge in [0.15, 0.2) is 0 Å². The van der Waals surface area contributed by atoms with E-state index in [1.165, 1.54) is 0 Å². The van der Waals surface area contributed by atoms with Gasteiger partial charge in [-0.05, 0) is 37.5 Å². The molecule has 0 aromatic carbocycles. The minimum absolute atomic E-state index is 0.0412. The van der Waals surface area contributed by atoms with Gasteiger partial charge in [-0.25, -0.2) is 9.50 Å². The Kier molecular flexibility index (Phi) is 5.90. The van der Waals surface area contributed by atoms with Crippen LogP contribution in [0.5, 0.6) is 0 Å². The topological polar surface area (TPSA) is 95.4 Å². The molecule has 2 aliphatic heterocycles. The molecule has 6 heterocycles. The fraction of sp³-hybridized carbons (Fsp3) is 0.414. The van der Waals surface area contributed by atoms with Gasteiger partial charge in [0.2, 0.25) is 5.91 Å². The predicted octanol–water partition coefficient (Wildman–Crippen LogP) is 4.14. The number of anilines is 1. The van der Waals surface area contributed by atoms with Crippen molar-refractivity contribution in [3.05, 3.63) is 54.7 Å². The summed E-state index contributed by atoms with van der Waals surface area (Å²) in [6.45, 7) is 7.55. The molecule has 0 radical (unpaired) electrons. The fourth-order valence-corrected chi connectivity index (χ4v) is 6.11. The van der Waals surface area contributed by atoms with Crippen LogP contribution in [-0.4, -0.2) is 61.4 Å². The molecule has 1 amide bonds. The number of aromatic nitrogens is 5. The zero-order chi connectivity index (χ0) is 26.4. The lowest BCUT2D eigenvalue weighted by molar-refractivity contribution is -0.133. The van der Waals surface area contributed by atoms with Gasteiger partial charge in [0.05, 0.1) is 23.5 Å². The van der Waals surface area contributed by atoms with Crippen molar-refractivity contribution in [1.29, 1.82) is 5.26 Å². The number of aryl methyl sites for hydroxylation is 1. The molecule has 2 saturated heterocycles. The Morgan fingerprint density at radius 1 is 1.03 bits per heavy atom. The summed E-state index contributed by atoms with van der Waals surface area (Å²) >= 11 is 0. The van der Waals surface area contributed by atoms with Gasteiger partial charge in [0.25, 0.3) is 0 Å². The first-order valence-electron chi connectivity index (χ1n) is 13.3. The summed E-state index contributed by atoms with van der Waals surface area (Å²) in [5.41, 5.74) is 5.24. The van der Waals surface area contributed by atoms with Crippen LogP contribution in [0, 0.1) is 22.7 Å². The van der Waals surface area contributed by atoms with E-state index < -0.39 is 0 Å². The maximum atomic E-state index is 12.6. The maximum Gasteiger partial charge on any atom is 0.225 e. The number of carbonyl (C=O) groups excluding carboxylic acids is 1.